The molecule has 0 spiro atoms. The van der Waals surface area contributed by atoms with E-state index in [0.29, 0.717) is 6.04 Å². The van der Waals surface area contributed by atoms with Crippen LogP contribution in [0.1, 0.15) is 42.4 Å². The quantitative estimate of drug-likeness (QED) is 0.652. The van der Waals surface area contributed by atoms with E-state index >= 15 is 0 Å². The molecule has 0 aliphatic carbocycles. The van der Waals surface area contributed by atoms with Crippen LogP contribution in [0.15, 0.2) is 72.2 Å². The summed E-state index contributed by atoms with van der Waals surface area (Å²) in [5.74, 6) is 1.12. The van der Waals surface area contributed by atoms with Crippen molar-refractivity contribution in [3.05, 3.63) is 84.2 Å². The lowest BCUT2D eigenvalue weighted by Crippen LogP contribution is -2.36. The Bertz CT molecular complexity index is 969. The Morgan fingerprint density at radius 3 is 2.75 bits per heavy atom. The molecule has 5 nitrogen and oxygen atoms in total. The second kappa shape index (κ2) is 7.43. The summed E-state index contributed by atoms with van der Waals surface area (Å²) in [5, 5.41) is 1.17. The lowest BCUT2D eigenvalue weighted by Gasteiger charge is -2.32. The van der Waals surface area contributed by atoms with Crippen molar-refractivity contribution in [3.63, 3.8) is 0 Å². The fraction of sp³-hybridized carbons (Fsp3) is 0.318. The maximum absolute atomic E-state index is 5.12. The van der Waals surface area contributed by atoms with Gasteiger partial charge < -0.3 is 9.47 Å². The van der Waals surface area contributed by atoms with Crippen LogP contribution in [-0.2, 0) is 6.54 Å². The highest BCUT2D eigenvalue weighted by Gasteiger charge is 2.46. The van der Waals surface area contributed by atoms with E-state index in [2.05, 4.69) is 69.0 Å². The molecule has 28 heavy (non-hydrogen) atoms. The van der Waals surface area contributed by atoms with Crippen molar-refractivity contribution < 1.29 is 0 Å². The molecule has 0 bridgehead atoms. The fourth-order valence-electron chi connectivity index (χ4n) is 4.20. The lowest BCUT2D eigenvalue weighted by molar-refractivity contribution is 0.246. The van der Waals surface area contributed by atoms with Crippen LogP contribution < -0.4 is 0 Å². The fourth-order valence-corrected chi connectivity index (χ4v) is 5.53. The molecule has 0 N–H and O–H groups in total. The van der Waals surface area contributed by atoms with Crippen molar-refractivity contribution in [2.24, 2.45) is 4.99 Å². The molecule has 3 aromatic rings. The molecule has 0 saturated carbocycles. The number of hydrogen-bond acceptors (Lipinski definition) is 5. The van der Waals surface area contributed by atoms with Gasteiger partial charge in [-0.05, 0) is 48.4 Å². The third-order valence-corrected chi connectivity index (χ3v) is 6.73. The molecule has 0 aromatic carbocycles. The standard InChI is InChI=1S/C22H23N5S/c1-2-17-15-28-22-25-20(18-6-3-4-10-24-18)21(27(17)22)19-7-5-13-26(19)14-16-8-11-23-12-9-16/h3-13,17,20-21H,2,14-15H2,1H3/t17-,20-,21+/m1/s1. The van der Waals surface area contributed by atoms with E-state index in [1.54, 1.807) is 0 Å². The number of thioether (sulfide) groups is 1. The summed E-state index contributed by atoms with van der Waals surface area (Å²) < 4.78 is 2.35. The zero-order valence-electron chi connectivity index (χ0n) is 15.8. The largest absolute Gasteiger partial charge is 0.345 e. The molecule has 0 radical (unpaired) electrons. The van der Waals surface area contributed by atoms with E-state index in [-0.39, 0.29) is 12.1 Å². The molecule has 1 saturated heterocycles. The maximum Gasteiger partial charge on any atom is 0.160 e. The third-order valence-electron chi connectivity index (χ3n) is 5.60. The number of aliphatic imine (C=N–C) groups is 1. The SMILES string of the molecule is CC[C@@H]1CSC2=N[C@H](c3ccccn3)[C@H](c3cccn3Cc3ccncc3)N21. The number of aromatic nitrogens is 3. The van der Waals surface area contributed by atoms with Crippen molar-refractivity contribution in [3.8, 4) is 0 Å². The minimum Gasteiger partial charge on any atom is -0.345 e. The number of nitrogens with zero attached hydrogens (tertiary/aromatic N) is 5. The summed E-state index contributed by atoms with van der Waals surface area (Å²) in [4.78, 5) is 16.5. The Morgan fingerprint density at radius 2 is 1.96 bits per heavy atom. The summed E-state index contributed by atoms with van der Waals surface area (Å²) >= 11 is 1.89. The van der Waals surface area contributed by atoms with Crippen LogP contribution in [0.3, 0.4) is 0 Å². The summed E-state index contributed by atoms with van der Waals surface area (Å²) in [6.07, 6.45) is 8.89. The van der Waals surface area contributed by atoms with Gasteiger partial charge >= 0.3 is 0 Å². The van der Waals surface area contributed by atoms with Crippen LogP contribution in [0.25, 0.3) is 0 Å². The van der Waals surface area contributed by atoms with Gasteiger partial charge in [0.1, 0.15) is 6.04 Å². The van der Waals surface area contributed by atoms with E-state index in [0.717, 1.165) is 24.4 Å². The van der Waals surface area contributed by atoms with Crippen molar-refractivity contribution >= 4 is 16.9 Å². The molecule has 0 unspecified atom stereocenters. The van der Waals surface area contributed by atoms with Gasteiger partial charge in [-0.15, -0.1) is 0 Å². The smallest absolute Gasteiger partial charge is 0.160 e. The highest BCUT2D eigenvalue weighted by atomic mass is 32.2. The van der Waals surface area contributed by atoms with Gasteiger partial charge in [0.05, 0.1) is 11.7 Å². The van der Waals surface area contributed by atoms with Crippen LogP contribution in [-0.4, -0.2) is 36.4 Å². The molecule has 6 heteroatoms. The Kier molecular flexibility index (Phi) is 4.64. The van der Waals surface area contributed by atoms with Gasteiger partial charge in [0, 0.05) is 48.8 Å². The lowest BCUT2D eigenvalue weighted by atomic mass is 9.99. The average molecular weight is 390 g/mol. The van der Waals surface area contributed by atoms with E-state index in [1.165, 1.54) is 16.4 Å². The molecule has 5 rings (SSSR count). The monoisotopic (exact) mass is 389 g/mol. The van der Waals surface area contributed by atoms with Crippen LogP contribution in [0.4, 0.5) is 0 Å². The molecule has 1 fully saturated rings. The third kappa shape index (κ3) is 3.02. The van der Waals surface area contributed by atoms with Gasteiger partial charge in [-0.3, -0.25) is 15.0 Å². The molecular weight excluding hydrogens is 366 g/mol. The summed E-state index contributed by atoms with van der Waals surface area (Å²) in [5.41, 5.74) is 3.59. The first kappa shape index (κ1) is 17.5. The van der Waals surface area contributed by atoms with Gasteiger partial charge in [0.15, 0.2) is 5.17 Å². The van der Waals surface area contributed by atoms with Gasteiger partial charge in [0.25, 0.3) is 0 Å². The molecule has 5 heterocycles. The molecule has 2 aliphatic heterocycles. The van der Waals surface area contributed by atoms with Crippen molar-refractivity contribution in [2.45, 2.75) is 38.0 Å². The molecule has 142 valence electrons. The normalized spacial score (nSPS) is 23.7. The zero-order valence-corrected chi connectivity index (χ0v) is 16.7. The summed E-state index contributed by atoms with van der Waals surface area (Å²) in [7, 11) is 0. The minimum atomic E-state index is 0.0316. The van der Waals surface area contributed by atoms with Crippen molar-refractivity contribution in [1.29, 1.82) is 0 Å². The van der Waals surface area contributed by atoms with Crippen LogP contribution in [0.2, 0.25) is 0 Å². The Balaban J connectivity index is 1.55. The molecule has 3 aromatic heterocycles. The van der Waals surface area contributed by atoms with E-state index < -0.39 is 0 Å². The summed E-state index contributed by atoms with van der Waals surface area (Å²) in [6.45, 7) is 3.11. The molecule has 2 aliphatic rings. The predicted molar refractivity (Wildman–Crippen MR) is 113 cm³/mol. The van der Waals surface area contributed by atoms with Gasteiger partial charge in [0.2, 0.25) is 0 Å². The number of pyridine rings is 2. The van der Waals surface area contributed by atoms with Gasteiger partial charge in [-0.2, -0.15) is 0 Å². The summed E-state index contributed by atoms with van der Waals surface area (Å²) in [6, 6.07) is 15.4. The van der Waals surface area contributed by atoms with Gasteiger partial charge in [-0.1, -0.05) is 24.8 Å². The number of hydrogen-bond donors (Lipinski definition) is 0. The number of amidine groups is 1. The molecule has 0 amide bonds. The topological polar surface area (TPSA) is 46.3 Å². The molecule has 3 atom stereocenters. The van der Waals surface area contributed by atoms with Crippen molar-refractivity contribution in [2.75, 3.05) is 5.75 Å². The van der Waals surface area contributed by atoms with E-state index in [4.69, 9.17) is 4.99 Å². The predicted octanol–water partition coefficient (Wildman–Crippen LogP) is 4.31. The Hall–Kier alpha value is -2.60. The second-order valence-corrected chi connectivity index (χ2v) is 8.24. The number of rotatable bonds is 5. The van der Waals surface area contributed by atoms with Crippen LogP contribution in [0, 0.1) is 0 Å². The van der Waals surface area contributed by atoms with E-state index in [1.807, 2.05) is 36.4 Å². The maximum atomic E-state index is 5.12. The van der Waals surface area contributed by atoms with Gasteiger partial charge in [-0.25, -0.2) is 0 Å². The van der Waals surface area contributed by atoms with Crippen molar-refractivity contribution in [1.82, 2.24) is 19.4 Å². The highest BCUT2D eigenvalue weighted by Crippen LogP contribution is 2.48. The van der Waals surface area contributed by atoms with Crippen LogP contribution in [0.5, 0.6) is 0 Å². The second-order valence-electron chi connectivity index (χ2n) is 7.25. The first-order valence-electron chi connectivity index (χ1n) is 9.79. The average Bonchev–Trinajstić information content (AvgIpc) is 3.44. The first-order chi connectivity index (χ1) is 13.8. The van der Waals surface area contributed by atoms with Crippen LogP contribution >= 0.6 is 11.8 Å². The zero-order chi connectivity index (χ0) is 18.9. The Morgan fingerprint density at radius 1 is 1.07 bits per heavy atom. The number of fused-ring (bicyclic) bond motifs is 1. The Labute approximate surface area is 169 Å². The first-order valence-corrected chi connectivity index (χ1v) is 10.8. The highest BCUT2D eigenvalue weighted by molar-refractivity contribution is 8.14. The minimum absolute atomic E-state index is 0.0316. The van der Waals surface area contributed by atoms with E-state index in [9.17, 15) is 0 Å². The molecular formula is C22H23N5S.